The molecule has 2 rings (SSSR count). The van der Waals surface area contributed by atoms with Crippen molar-refractivity contribution in [3.8, 4) is 11.5 Å². The monoisotopic (exact) mass is 414 g/mol. The van der Waals surface area contributed by atoms with Gasteiger partial charge in [-0.3, -0.25) is 9.59 Å². The number of hydrogen-bond acceptors (Lipinski definition) is 4. The number of nitrogens with zero attached hydrogens (tertiary/aromatic N) is 1. The van der Waals surface area contributed by atoms with Crippen molar-refractivity contribution < 1.29 is 23.5 Å². The van der Waals surface area contributed by atoms with Crippen molar-refractivity contribution in [2.75, 3.05) is 26.8 Å². The SMILES string of the molecule is C=CCc1ccc(OCC(=O)N(CC)CC(=O)NCc2ccc(F)cc2)c(OC)c1. The minimum atomic E-state index is -0.334. The van der Waals surface area contributed by atoms with Crippen molar-refractivity contribution >= 4 is 11.8 Å². The lowest BCUT2D eigenvalue weighted by atomic mass is 10.1. The lowest BCUT2D eigenvalue weighted by Crippen LogP contribution is -2.42. The highest BCUT2D eigenvalue weighted by atomic mass is 19.1. The van der Waals surface area contributed by atoms with Gasteiger partial charge in [0.1, 0.15) is 5.82 Å². The average molecular weight is 414 g/mol. The van der Waals surface area contributed by atoms with Gasteiger partial charge in [0, 0.05) is 13.1 Å². The first-order valence-electron chi connectivity index (χ1n) is 9.66. The van der Waals surface area contributed by atoms with Gasteiger partial charge in [0.05, 0.1) is 13.7 Å². The van der Waals surface area contributed by atoms with Crippen LogP contribution in [-0.2, 0) is 22.6 Å². The van der Waals surface area contributed by atoms with Crippen molar-refractivity contribution in [2.45, 2.75) is 19.9 Å². The zero-order valence-corrected chi connectivity index (χ0v) is 17.3. The van der Waals surface area contributed by atoms with Gasteiger partial charge in [-0.25, -0.2) is 4.39 Å². The molecule has 2 aromatic rings. The number of rotatable bonds is 11. The summed E-state index contributed by atoms with van der Waals surface area (Å²) in [6.45, 7) is 5.82. The minimum absolute atomic E-state index is 0.0880. The smallest absolute Gasteiger partial charge is 0.260 e. The van der Waals surface area contributed by atoms with Crippen LogP contribution in [0.2, 0.25) is 0 Å². The molecule has 7 heteroatoms. The van der Waals surface area contributed by atoms with Crippen LogP contribution >= 0.6 is 0 Å². The van der Waals surface area contributed by atoms with Gasteiger partial charge in [-0.15, -0.1) is 6.58 Å². The van der Waals surface area contributed by atoms with Crippen LogP contribution in [0, 0.1) is 5.82 Å². The van der Waals surface area contributed by atoms with E-state index in [0.29, 0.717) is 24.5 Å². The Morgan fingerprint density at radius 2 is 1.83 bits per heavy atom. The summed E-state index contributed by atoms with van der Waals surface area (Å²) < 4.78 is 23.9. The summed E-state index contributed by atoms with van der Waals surface area (Å²) in [5, 5.41) is 2.72. The molecule has 1 N–H and O–H groups in total. The number of benzene rings is 2. The number of likely N-dealkylation sites (N-methyl/N-ethyl adjacent to an activating group) is 1. The van der Waals surface area contributed by atoms with Gasteiger partial charge < -0.3 is 19.7 Å². The van der Waals surface area contributed by atoms with Crippen molar-refractivity contribution in [2.24, 2.45) is 0 Å². The molecule has 0 bridgehead atoms. The summed E-state index contributed by atoms with van der Waals surface area (Å²) in [4.78, 5) is 26.1. The number of allylic oxidation sites excluding steroid dienone is 1. The van der Waals surface area contributed by atoms with E-state index in [0.717, 1.165) is 11.1 Å². The van der Waals surface area contributed by atoms with E-state index in [1.165, 1.54) is 24.1 Å². The molecule has 0 fully saturated rings. The Morgan fingerprint density at radius 3 is 2.47 bits per heavy atom. The molecule has 2 amide bonds. The van der Waals surface area contributed by atoms with E-state index in [9.17, 15) is 14.0 Å². The summed E-state index contributed by atoms with van der Waals surface area (Å²) in [5.41, 5.74) is 1.79. The fraction of sp³-hybridized carbons (Fsp3) is 0.304. The average Bonchev–Trinajstić information content (AvgIpc) is 2.76. The molecule has 0 aliphatic heterocycles. The molecule has 160 valence electrons. The molecular weight excluding hydrogens is 387 g/mol. The molecule has 30 heavy (non-hydrogen) atoms. The van der Waals surface area contributed by atoms with E-state index in [2.05, 4.69) is 11.9 Å². The van der Waals surface area contributed by atoms with Gasteiger partial charge in [-0.1, -0.05) is 24.3 Å². The van der Waals surface area contributed by atoms with Gasteiger partial charge in [-0.2, -0.15) is 0 Å². The Balaban J connectivity index is 1.87. The summed E-state index contributed by atoms with van der Waals surface area (Å²) in [7, 11) is 1.53. The second kappa shape index (κ2) is 11.6. The van der Waals surface area contributed by atoms with E-state index < -0.39 is 0 Å². The maximum Gasteiger partial charge on any atom is 0.260 e. The lowest BCUT2D eigenvalue weighted by Gasteiger charge is -2.21. The number of nitrogens with one attached hydrogen (secondary N) is 1. The van der Waals surface area contributed by atoms with E-state index in [1.807, 2.05) is 12.1 Å². The normalized spacial score (nSPS) is 10.2. The van der Waals surface area contributed by atoms with Crippen LogP contribution in [0.5, 0.6) is 11.5 Å². The number of halogens is 1. The predicted molar refractivity (Wildman–Crippen MR) is 113 cm³/mol. The first kappa shape index (κ1) is 22.9. The van der Waals surface area contributed by atoms with Gasteiger partial charge in [-0.05, 0) is 48.7 Å². The number of hydrogen-bond donors (Lipinski definition) is 1. The Bertz CT molecular complexity index is 868. The number of methoxy groups -OCH3 is 1. The fourth-order valence-corrected chi connectivity index (χ4v) is 2.76. The highest BCUT2D eigenvalue weighted by Gasteiger charge is 2.17. The third kappa shape index (κ3) is 6.92. The number of carbonyl (C=O) groups excluding carboxylic acids is 2. The Morgan fingerprint density at radius 1 is 1.13 bits per heavy atom. The van der Waals surface area contributed by atoms with Crippen LogP contribution in [0.4, 0.5) is 4.39 Å². The van der Waals surface area contributed by atoms with Crippen LogP contribution in [0.25, 0.3) is 0 Å². The van der Waals surface area contributed by atoms with E-state index in [4.69, 9.17) is 9.47 Å². The van der Waals surface area contributed by atoms with Crippen LogP contribution in [0.1, 0.15) is 18.1 Å². The number of amides is 2. The summed E-state index contributed by atoms with van der Waals surface area (Å²) in [6.07, 6.45) is 2.49. The lowest BCUT2D eigenvalue weighted by molar-refractivity contribution is -0.137. The van der Waals surface area contributed by atoms with Crippen LogP contribution in [0.3, 0.4) is 0 Å². The van der Waals surface area contributed by atoms with Gasteiger partial charge >= 0.3 is 0 Å². The van der Waals surface area contributed by atoms with Crippen LogP contribution in [-0.4, -0.2) is 43.5 Å². The molecule has 0 spiro atoms. The third-order valence-corrected chi connectivity index (χ3v) is 4.43. The van der Waals surface area contributed by atoms with Crippen LogP contribution < -0.4 is 14.8 Å². The van der Waals surface area contributed by atoms with E-state index >= 15 is 0 Å². The largest absolute Gasteiger partial charge is 0.493 e. The molecule has 0 aliphatic carbocycles. The first-order chi connectivity index (χ1) is 14.5. The number of carbonyl (C=O) groups is 2. The standard InChI is InChI=1S/C23H27FN2O4/c1-4-6-17-9-12-20(21(13-17)29-3)30-16-23(28)26(5-2)15-22(27)25-14-18-7-10-19(24)11-8-18/h4,7-13H,1,5-6,14-16H2,2-3H3,(H,25,27). The topological polar surface area (TPSA) is 67.9 Å². The summed E-state index contributed by atoms with van der Waals surface area (Å²) >= 11 is 0. The zero-order chi connectivity index (χ0) is 21.9. The molecule has 0 atom stereocenters. The summed E-state index contributed by atoms with van der Waals surface area (Å²) in [5.74, 6) is 0.0325. The van der Waals surface area contributed by atoms with Gasteiger partial charge in [0.25, 0.3) is 5.91 Å². The Hall–Kier alpha value is -3.35. The van der Waals surface area contributed by atoms with Gasteiger partial charge in [0.2, 0.25) is 5.91 Å². The fourth-order valence-electron chi connectivity index (χ4n) is 2.76. The molecule has 0 aromatic heterocycles. The van der Waals surface area contributed by atoms with Gasteiger partial charge in [0.15, 0.2) is 18.1 Å². The minimum Gasteiger partial charge on any atom is -0.493 e. The van der Waals surface area contributed by atoms with Crippen molar-refractivity contribution in [3.05, 3.63) is 72.1 Å². The molecule has 0 radical (unpaired) electrons. The number of ether oxygens (including phenoxy) is 2. The summed E-state index contributed by atoms with van der Waals surface area (Å²) in [6, 6.07) is 11.3. The molecular formula is C23H27FN2O4. The van der Waals surface area contributed by atoms with Crippen molar-refractivity contribution in [1.82, 2.24) is 10.2 Å². The van der Waals surface area contributed by atoms with E-state index in [1.54, 1.807) is 31.2 Å². The molecule has 0 heterocycles. The maximum atomic E-state index is 12.9. The molecule has 6 nitrogen and oxygen atoms in total. The Kier molecular flexibility index (Phi) is 8.87. The third-order valence-electron chi connectivity index (χ3n) is 4.43. The second-order valence-corrected chi connectivity index (χ2v) is 6.58. The molecule has 0 unspecified atom stereocenters. The maximum absolute atomic E-state index is 12.9. The second-order valence-electron chi connectivity index (χ2n) is 6.58. The van der Waals surface area contributed by atoms with E-state index in [-0.39, 0.29) is 37.3 Å². The first-order valence-corrected chi connectivity index (χ1v) is 9.66. The highest BCUT2D eigenvalue weighted by Crippen LogP contribution is 2.28. The van der Waals surface area contributed by atoms with Crippen molar-refractivity contribution in [1.29, 1.82) is 0 Å². The predicted octanol–water partition coefficient (Wildman–Crippen LogP) is 3.11. The quantitative estimate of drug-likeness (QED) is 0.574. The van der Waals surface area contributed by atoms with Crippen molar-refractivity contribution in [3.63, 3.8) is 0 Å². The molecule has 2 aromatic carbocycles. The highest BCUT2D eigenvalue weighted by molar-refractivity contribution is 5.85. The molecule has 0 saturated carbocycles. The Labute approximate surface area is 176 Å². The molecule has 0 saturated heterocycles. The van der Waals surface area contributed by atoms with Crippen LogP contribution in [0.15, 0.2) is 55.1 Å². The zero-order valence-electron chi connectivity index (χ0n) is 17.3. The molecule has 0 aliphatic rings.